The number of halogens is 9. The number of pyridine rings is 1. The van der Waals surface area contributed by atoms with E-state index >= 15 is 4.39 Å². The molecule has 0 saturated heterocycles. The molecule has 51 heavy (non-hydrogen) atoms. The lowest BCUT2D eigenvalue weighted by atomic mass is 9.99. The number of aromatic nitrogens is 4. The second-order valence-corrected chi connectivity index (χ2v) is 11.3. The summed E-state index contributed by atoms with van der Waals surface area (Å²) in [7, 11) is 0. The van der Waals surface area contributed by atoms with E-state index in [-0.39, 0.29) is 27.4 Å². The fraction of sp³-hybridized carbons (Fsp3) is 0.290. The number of benzene rings is 2. The summed E-state index contributed by atoms with van der Waals surface area (Å²) in [4.78, 5) is 38.5. The minimum absolute atomic E-state index is 0.0679. The quantitative estimate of drug-likeness (QED) is 0.118. The third-order valence-corrected chi connectivity index (χ3v) is 7.88. The molecule has 1 aliphatic heterocycles. The van der Waals surface area contributed by atoms with Crippen LogP contribution >= 0.6 is 11.6 Å². The van der Waals surface area contributed by atoms with Crippen LogP contribution in [0.15, 0.2) is 66.0 Å². The number of guanidine groups is 1. The van der Waals surface area contributed by atoms with E-state index in [1.165, 1.54) is 36.4 Å². The molecule has 0 bridgehead atoms. The largest absolute Gasteiger partial charge is 0.447 e. The zero-order valence-electron chi connectivity index (χ0n) is 25.8. The lowest BCUT2D eigenvalue weighted by Gasteiger charge is -2.28. The molecule has 3 N–H and O–H groups in total. The summed E-state index contributed by atoms with van der Waals surface area (Å²) in [5.74, 6) is -3.03. The van der Waals surface area contributed by atoms with E-state index < -0.39 is 92.4 Å². The van der Waals surface area contributed by atoms with Crippen molar-refractivity contribution in [2.75, 3.05) is 13.2 Å². The van der Waals surface area contributed by atoms with E-state index in [0.717, 1.165) is 34.2 Å². The molecule has 0 saturated carbocycles. The van der Waals surface area contributed by atoms with Crippen LogP contribution in [0.2, 0.25) is 5.02 Å². The van der Waals surface area contributed by atoms with Gasteiger partial charge >= 0.3 is 12.3 Å². The van der Waals surface area contributed by atoms with Crippen LogP contribution in [-0.2, 0) is 9.53 Å². The normalized spacial score (nSPS) is 15.4. The van der Waals surface area contributed by atoms with Crippen LogP contribution in [0, 0.1) is 5.82 Å². The molecule has 4 aromatic rings. The molecule has 0 radical (unpaired) electrons. The molecule has 0 fully saturated rings. The number of alkyl halides is 7. The molecule has 2 atom stereocenters. The van der Waals surface area contributed by atoms with Gasteiger partial charge in [0.25, 0.3) is 18.8 Å². The average Bonchev–Trinajstić information content (AvgIpc) is 3.68. The Morgan fingerprint density at radius 1 is 1.02 bits per heavy atom. The van der Waals surface area contributed by atoms with Crippen LogP contribution < -0.4 is 11.1 Å². The number of amides is 2. The second kappa shape index (κ2) is 15.3. The Labute approximate surface area is 288 Å². The zero-order valence-corrected chi connectivity index (χ0v) is 26.6. The van der Waals surface area contributed by atoms with E-state index in [4.69, 9.17) is 22.1 Å². The molecule has 5 rings (SSSR count). The van der Waals surface area contributed by atoms with Gasteiger partial charge in [0.1, 0.15) is 24.4 Å². The second-order valence-electron chi connectivity index (χ2n) is 10.9. The maximum absolute atomic E-state index is 15.5. The number of aliphatic imine (C=N–C) groups is 1. The number of hydrogen-bond acceptors (Lipinski definition) is 8. The summed E-state index contributed by atoms with van der Waals surface area (Å²) in [5, 5.41) is 5.89. The third kappa shape index (κ3) is 8.53. The first-order valence-corrected chi connectivity index (χ1v) is 15.2. The average molecular weight is 745 g/mol. The first-order valence-electron chi connectivity index (χ1n) is 14.8. The van der Waals surface area contributed by atoms with E-state index in [1.807, 2.05) is 0 Å². The minimum atomic E-state index is -4.44. The van der Waals surface area contributed by atoms with Gasteiger partial charge in [0.05, 0.1) is 16.8 Å². The lowest BCUT2D eigenvalue weighted by molar-refractivity contribution is -0.135. The van der Waals surface area contributed by atoms with Crippen LogP contribution in [-0.4, -0.2) is 61.9 Å². The van der Waals surface area contributed by atoms with Crippen molar-refractivity contribution in [1.82, 2.24) is 30.0 Å². The number of ether oxygens (including phenoxy) is 1. The Balaban J connectivity index is 1.44. The minimum Gasteiger partial charge on any atom is -0.447 e. The van der Waals surface area contributed by atoms with E-state index in [1.54, 1.807) is 0 Å². The van der Waals surface area contributed by atoms with Crippen molar-refractivity contribution in [3.63, 3.8) is 0 Å². The number of nitrogens with zero attached hydrogens (tertiary/aromatic N) is 6. The van der Waals surface area contributed by atoms with Gasteiger partial charge in [-0.3, -0.25) is 14.7 Å². The van der Waals surface area contributed by atoms with E-state index in [9.17, 15) is 40.3 Å². The van der Waals surface area contributed by atoms with Gasteiger partial charge in [-0.05, 0) is 41.8 Å². The number of alkyl carbamates (subject to hydrolysis) is 1. The highest BCUT2D eigenvalue weighted by Crippen LogP contribution is 2.36. The molecule has 3 heterocycles. The molecular weight excluding hydrogens is 720 g/mol. The van der Waals surface area contributed by atoms with Crippen molar-refractivity contribution in [2.45, 2.75) is 44.0 Å². The Morgan fingerprint density at radius 2 is 1.76 bits per heavy atom. The van der Waals surface area contributed by atoms with E-state index in [0.29, 0.717) is 5.56 Å². The predicted molar refractivity (Wildman–Crippen MR) is 165 cm³/mol. The molecule has 2 aromatic heterocycles. The molecule has 11 nitrogen and oxygen atoms in total. The highest BCUT2D eigenvalue weighted by Gasteiger charge is 2.41. The fourth-order valence-corrected chi connectivity index (χ4v) is 5.33. The predicted octanol–water partition coefficient (Wildman–Crippen LogP) is 7.01. The van der Waals surface area contributed by atoms with Crippen molar-refractivity contribution >= 4 is 29.6 Å². The molecule has 0 spiro atoms. The van der Waals surface area contributed by atoms with Gasteiger partial charge in [0.2, 0.25) is 0 Å². The number of nitrogens with one attached hydrogen (secondary N) is 1. The van der Waals surface area contributed by atoms with Gasteiger partial charge in [-0.25, -0.2) is 41.4 Å². The number of hydrogen-bond donors (Lipinski definition) is 2. The van der Waals surface area contributed by atoms with Gasteiger partial charge in [0.15, 0.2) is 17.8 Å². The topological polar surface area (TPSA) is 141 Å². The van der Waals surface area contributed by atoms with Crippen molar-refractivity contribution in [3.8, 4) is 16.8 Å². The Morgan fingerprint density at radius 3 is 2.41 bits per heavy atom. The standard InChI is InChI=1S/C31H25ClF8N8O3/c32-19-6-3-16(11-22(19)48-27(26(36)37)44-14-45-48)23(13-51-30(50)42-9-1-8-31(38,39)40)47-28(49)24(46-29(47)41)18-5-2-15(10-20(18)33)17-4-7-21(25(34)35)43-12-17/h2-7,10-12,14,23-26H,1,8-9,13H2,(H2,41,46)(H,42,50). The molecular formula is C31H25ClF8N8O3. The first-order chi connectivity index (χ1) is 24.1. The van der Waals surface area contributed by atoms with Crippen molar-refractivity contribution in [3.05, 3.63) is 94.5 Å². The van der Waals surface area contributed by atoms with Crippen LogP contribution in [0.4, 0.5) is 39.9 Å². The smallest absolute Gasteiger partial charge is 0.407 e. The van der Waals surface area contributed by atoms with E-state index in [2.05, 4.69) is 25.4 Å². The highest BCUT2D eigenvalue weighted by molar-refractivity contribution is 6.32. The first kappa shape index (κ1) is 36.9. The molecule has 2 amide bonds. The monoisotopic (exact) mass is 744 g/mol. The van der Waals surface area contributed by atoms with Gasteiger partial charge < -0.3 is 15.8 Å². The summed E-state index contributed by atoms with van der Waals surface area (Å²) in [6.45, 7) is -1.09. The number of carbonyl (C=O) groups excluding carboxylic acids is 2. The van der Waals surface area contributed by atoms with Crippen LogP contribution in [0.3, 0.4) is 0 Å². The van der Waals surface area contributed by atoms with Crippen molar-refractivity contribution in [1.29, 1.82) is 0 Å². The molecule has 20 heteroatoms. The molecule has 270 valence electrons. The van der Waals surface area contributed by atoms with Crippen LogP contribution in [0.25, 0.3) is 16.8 Å². The van der Waals surface area contributed by atoms with Gasteiger partial charge in [-0.15, -0.1) is 0 Å². The Kier molecular flexibility index (Phi) is 11.1. The number of rotatable bonds is 12. The number of nitrogens with two attached hydrogens (primary N) is 1. The van der Waals surface area contributed by atoms with Gasteiger partial charge in [0, 0.05) is 30.3 Å². The summed E-state index contributed by atoms with van der Waals surface area (Å²) in [6, 6.07) is 7.07. The SMILES string of the molecule is NC1=NC(c2ccc(-c3ccc(C(F)F)nc3)cc2F)C(=O)N1C(COC(=O)NCCCC(F)(F)F)c1ccc(Cl)c(-n2ncnc2C(F)F)c1. The maximum Gasteiger partial charge on any atom is 0.407 e. The number of carbonyl (C=O) groups is 2. The summed E-state index contributed by atoms with van der Waals surface area (Å²) in [6.07, 6.45) is -11.1. The zero-order chi connectivity index (χ0) is 37.0. The fourth-order valence-electron chi connectivity index (χ4n) is 5.13. The lowest BCUT2D eigenvalue weighted by Crippen LogP contribution is -2.43. The van der Waals surface area contributed by atoms with Crippen molar-refractivity contribution < 1.29 is 49.4 Å². The highest BCUT2D eigenvalue weighted by atomic mass is 35.5. The van der Waals surface area contributed by atoms with Gasteiger partial charge in [-0.2, -0.15) is 18.3 Å². The molecule has 0 aliphatic carbocycles. The third-order valence-electron chi connectivity index (χ3n) is 7.56. The van der Waals surface area contributed by atoms with Crippen molar-refractivity contribution in [2.24, 2.45) is 10.7 Å². The van der Waals surface area contributed by atoms with Crippen LogP contribution in [0.5, 0.6) is 0 Å². The summed E-state index contributed by atoms with van der Waals surface area (Å²) in [5.41, 5.74) is 6.01. The Bertz CT molecular complexity index is 1920. The molecule has 1 aliphatic rings. The summed E-state index contributed by atoms with van der Waals surface area (Å²) < 4.78 is 112. The van der Waals surface area contributed by atoms with Gasteiger partial charge in [-0.1, -0.05) is 35.9 Å². The maximum atomic E-state index is 15.5. The molecule has 2 unspecified atom stereocenters. The summed E-state index contributed by atoms with van der Waals surface area (Å²) >= 11 is 6.30. The molecule has 2 aromatic carbocycles. The Hall–Kier alpha value is -5.33. The van der Waals surface area contributed by atoms with Crippen LogP contribution in [0.1, 0.15) is 60.4 Å².